The standard InChI is InChI=1S/C48H48N6O8S/c1-28-19-35(23-38-43(28)50-25-39(46(49)58)44(38)52-32-12-8-13-33(22-32)62-5)63(60,61)34-14-7-10-30(21-34)27-54(4)47(59)31-11-6-9-29(20-31)24-48(2,3)51-26-41(56)36-15-17-40(55)45-37(36)16-18-42(57)53-45/h6-23,25,41,51,55-56H,24,26-27H2,1-5H3,(H2,49,58)(H,50,52)(H,53,57)/t41-/m0/s1. The second-order valence-corrected chi connectivity index (χ2v) is 18.1. The van der Waals surface area contributed by atoms with Gasteiger partial charge in [0.2, 0.25) is 15.4 Å². The van der Waals surface area contributed by atoms with Crippen LogP contribution in [0.4, 0.5) is 11.4 Å². The molecule has 14 nitrogen and oxygen atoms in total. The number of anilines is 2. The molecule has 0 spiro atoms. The van der Waals surface area contributed by atoms with Crippen LogP contribution >= 0.6 is 0 Å². The number of sulfone groups is 1. The number of hydrogen-bond acceptors (Lipinski definition) is 11. The van der Waals surface area contributed by atoms with E-state index in [2.05, 4.69) is 20.6 Å². The number of amides is 2. The van der Waals surface area contributed by atoms with Crippen LogP contribution in [0.5, 0.6) is 11.5 Å². The number of phenols is 1. The topological polar surface area (TPSA) is 217 Å². The first-order chi connectivity index (χ1) is 29.9. The number of aromatic nitrogens is 2. The van der Waals surface area contributed by atoms with E-state index in [0.717, 1.165) is 5.56 Å². The lowest BCUT2D eigenvalue weighted by Gasteiger charge is -2.28. The number of aromatic hydroxyl groups is 1. The predicted octanol–water partition coefficient (Wildman–Crippen LogP) is 6.69. The maximum atomic E-state index is 14.3. The number of H-pyrrole nitrogens is 1. The monoisotopic (exact) mass is 868 g/mol. The fourth-order valence-corrected chi connectivity index (χ4v) is 9.14. The predicted molar refractivity (Wildman–Crippen MR) is 242 cm³/mol. The summed E-state index contributed by atoms with van der Waals surface area (Å²) in [4.78, 5) is 46.8. The van der Waals surface area contributed by atoms with Gasteiger partial charge in [-0.3, -0.25) is 19.4 Å². The second kappa shape index (κ2) is 17.7. The number of carbonyl (C=O) groups excluding carboxylic acids is 2. The fourth-order valence-electron chi connectivity index (χ4n) is 7.70. The van der Waals surface area contributed by atoms with Gasteiger partial charge in [-0.25, -0.2) is 8.42 Å². The highest BCUT2D eigenvalue weighted by atomic mass is 32.2. The summed E-state index contributed by atoms with van der Waals surface area (Å²) in [6, 6.07) is 29.8. The van der Waals surface area contributed by atoms with Crippen LogP contribution in [0.3, 0.4) is 0 Å². The molecule has 0 saturated heterocycles. The average molecular weight is 869 g/mol. The minimum Gasteiger partial charge on any atom is -0.506 e. The SMILES string of the molecule is COc1cccc(Nc2c(C(N)=O)cnc3c(C)cc(S(=O)(=O)c4cccc(CN(C)C(=O)c5cccc(CC(C)(C)NC[C@H](O)c6ccc(O)c7[nH]c(=O)ccc67)c5)c4)cc23)c1. The highest BCUT2D eigenvalue weighted by Gasteiger charge is 2.25. The van der Waals surface area contributed by atoms with Crippen LogP contribution in [-0.4, -0.2) is 71.6 Å². The lowest BCUT2D eigenvalue weighted by Crippen LogP contribution is -2.43. The lowest BCUT2D eigenvalue weighted by molar-refractivity contribution is 0.0784. The van der Waals surface area contributed by atoms with E-state index in [-0.39, 0.29) is 51.2 Å². The van der Waals surface area contributed by atoms with E-state index in [9.17, 15) is 33.0 Å². The molecule has 0 radical (unpaired) electrons. The smallest absolute Gasteiger partial charge is 0.253 e. The molecule has 0 fully saturated rings. The summed E-state index contributed by atoms with van der Waals surface area (Å²) in [5.74, 6) is -0.516. The number of nitrogens with two attached hydrogens (primary N) is 1. The zero-order valence-corrected chi connectivity index (χ0v) is 36.2. The summed E-state index contributed by atoms with van der Waals surface area (Å²) in [5, 5.41) is 28.9. The number of benzene rings is 5. The van der Waals surface area contributed by atoms with Crippen molar-refractivity contribution in [2.24, 2.45) is 5.73 Å². The maximum Gasteiger partial charge on any atom is 0.253 e. The van der Waals surface area contributed by atoms with Crippen LogP contribution in [0, 0.1) is 6.92 Å². The van der Waals surface area contributed by atoms with Crippen molar-refractivity contribution < 1.29 is 33.0 Å². The molecule has 0 unspecified atom stereocenters. The molecule has 0 aliphatic rings. The van der Waals surface area contributed by atoms with Gasteiger partial charge in [-0.1, -0.05) is 36.4 Å². The zero-order chi connectivity index (χ0) is 45.2. The molecule has 2 amide bonds. The largest absolute Gasteiger partial charge is 0.506 e. The van der Waals surface area contributed by atoms with Crippen molar-refractivity contribution in [1.82, 2.24) is 20.2 Å². The molecular formula is C48H48N6O8S. The van der Waals surface area contributed by atoms with Gasteiger partial charge in [0.05, 0.1) is 45.3 Å². The Labute approximate surface area is 364 Å². The third-order valence-corrected chi connectivity index (χ3v) is 12.6. The lowest BCUT2D eigenvalue weighted by atomic mass is 9.93. The van der Waals surface area contributed by atoms with Gasteiger partial charge in [-0.15, -0.1) is 0 Å². The van der Waals surface area contributed by atoms with E-state index in [0.29, 0.717) is 62.1 Å². The number of carbonyl (C=O) groups is 2. The number of rotatable bonds is 15. The van der Waals surface area contributed by atoms with E-state index < -0.39 is 27.4 Å². The van der Waals surface area contributed by atoms with Gasteiger partial charge in [-0.2, -0.15) is 0 Å². The van der Waals surface area contributed by atoms with Crippen LogP contribution in [0.15, 0.2) is 130 Å². The third-order valence-electron chi connectivity index (χ3n) is 10.9. The Morgan fingerprint density at radius 3 is 2.43 bits per heavy atom. The Balaban J connectivity index is 1.06. The molecule has 7 rings (SSSR count). The van der Waals surface area contributed by atoms with E-state index in [4.69, 9.17) is 10.5 Å². The number of β-amino-alcohol motifs (C(OH)–C–C–N with tert-alkyl or cyclic N) is 1. The molecule has 0 bridgehead atoms. The summed E-state index contributed by atoms with van der Waals surface area (Å²) in [5.41, 5.74) is 9.64. The Kier molecular flexibility index (Phi) is 12.4. The molecule has 2 aromatic heterocycles. The van der Waals surface area contributed by atoms with Crippen molar-refractivity contribution >= 4 is 54.8 Å². The summed E-state index contributed by atoms with van der Waals surface area (Å²) < 4.78 is 34.0. The van der Waals surface area contributed by atoms with E-state index >= 15 is 0 Å². The van der Waals surface area contributed by atoms with Gasteiger partial charge in [0.1, 0.15) is 11.5 Å². The van der Waals surface area contributed by atoms with Gasteiger partial charge >= 0.3 is 0 Å². The number of nitrogens with zero attached hydrogens (tertiary/aromatic N) is 2. The number of aliphatic hydroxyl groups is 1. The summed E-state index contributed by atoms with van der Waals surface area (Å²) in [6.07, 6.45) is 0.937. The first-order valence-corrected chi connectivity index (χ1v) is 21.5. The highest BCUT2D eigenvalue weighted by molar-refractivity contribution is 7.91. The van der Waals surface area contributed by atoms with Crippen molar-refractivity contribution in [3.8, 4) is 11.5 Å². The number of aromatic amines is 1. The number of aliphatic hydroxyl groups excluding tert-OH is 1. The van der Waals surface area contributed by atoms with Crippen molar-refractivity contribution in [3.05, 3.63) is 159 Å². The summed E-state index contributed by atoms with van der Waals surface area (Å²) >= 11 is 0. The Morgan fingerprint density at radius 2 is 1.67 bits per heavy atom. The number of phenolic OH excluding ortho intramolecular Hbond substituents is 1. The number of pyridine rings is 2. The van der Waals surface area contributed by atoms with Crippen LogP contribution in [0.2, 0.25) is 0 Å². The first-order valence-electron chi connectivity index (χ1n) is 20.0. The van der Waals surface area contributed by atoms with Gasteiger partial charge in [0.25, 0.3) is 11.8 Å². The molecule has 7 N–H and O–H groups in total. The molecule has 0 aliphatic carbocycles. The van der Waals surface area contributed by atoms with Crippen molar-refractivity contribution in [1.29, 1.82) is 0 Å². The molecule has 0 aliphatic heterocycles. The van der Waals surface area contributed by atoms with Gasteiger partial charge in [-0.05, 0) is 110 Å². The molecular weight excluding hydrogens is 821 g/mol. The fraction of sp³-hybridized carbons (Fsp3) is 0.208. The Morgan fingerprint density at radius 1 is 0.921 bits per heavy atom. The molecule has 1 atom stereocenters. The second-order valence-electron chi connectivity index (χ2n) is 16.2. The van der Waals surface area contributed by atoms with Gasteiger partial charge < -0.3 is 41.2 Å². The zero-order valence-electron chi connectivity index (χ0n) is 35.4. The number of methoxy groups -OCH3 is 1. The number of primary amides is 1. The Bertz CT molecular complexity index is 3080. The molecule has 324 valence electrons. The van der Waals surface area contributed by atoms with Crippen LogP contribution < -0.4 is 26.7 Å². The van der Waals surface area contributed by atoms with E-state index in [1.165, 1.54) is 42.5 Å². The highest BCUT2D eigenvalue weighted by Crippen LogP contribution is 2.35. The van der Waals surface area contributed by atoms with Gasteiger partial charge in [0.15, 0.2) is 0 Å². The van der Waals surface area contributed by atoms with Crippen molar-refractivity contribution in [2.75, 3.05) is 26.0 Å². The molecule has 0 saturated carbocycles. The van der Waals surface area contributed by atoms with Gasteiger partial charge in [0, 0.05) is 66.0 Å². The minimum atomic E-state index is -4.12. The quantitative estimate of drug-likeness (QED) is 0.0638. The van der Waals surface area contributed by atoms with E-state index in [1.807, 2.05) is 32.0 Å². The molecule has 63 heavy (non-hydrogen) atoms. The van der Waals surface area contributed by atoms with Crippen LogP contribution in [0.1, 0.15) is 62.9 Å². The van der Waals surface area contributed by atoms with Crippen molar-refractivity contribution in [2.45, 2.75) is 55.2 Å². The number of hydrogen-bond donors (Lipinski definition) is 6. The van der Waals surface area contributed by atoms with E-state index in [1.54, 1.807) is 80.7 Å². The number of nitrogens with one attached hydrogen (secondary N) is 3. The number of aryl methyl sites for hydroxylation is 1. The molecule has 15 heteroatoms. The molecule has 5 aromatic carbocycles. The summed E-state index contributed by atoms with van der Waals surface area (Å²) in [7, 11) is -0.931. The third kappa shape index (κ3) is 9.55. The van der Waals surface area contributed by atoms with Crippen LogP contribution in [-0.2, 0) is 22.8 Å². The minimum absolute atomic E-state index is 0.0126. The maximum absolute atomic E-state index is 14.3. The van der Waals surface area contributed by atoms with Crippen LogP contribution in [0.25, 0.3) is 21.8 Å². The molecule has 7 aromatic rings. The number of fused-ring (bicyclic) bond motifs is 2. The normalized spacial score (nSPS) is 12.3. The first kappa shape index (κ1) is 44.0. The Hall–Kier alpha value is -7.07. The number of ether oxygens (including phenoxy) is 1. The van der Waals surface area contributed by atoms with Crippen molar-refractivity contribution in [3.63, 3.8) is 0 Å². The molecule has 2 heterocycles. The summed E-state index contributed by atoms with van der Waals surface area (Å²) in [6.45, 7) is 6.02. The average Bonchev–Trinajstić information content (AvgIpc) is 3.25.